The monoisotopic (exact) mass is 494 g/mol. The van der Waals surface area contributed by atoms with Gasteiger partial charge < -0.3 is 24.8 Å². The van der Waals surface area contributed by atoms with Crippen molar-refractivity contribution >= 4 is 31.1 Å². The number of rotatable bonds is 2. The molecule has 0 spiro atoms. The summed E-state index contributed by atoms with van der Waals surface area (Å²) in [7, 11) is -0.720. The van der Waals surface area contributed by atoms with Gasteiger partial charge in [0.15, 0.2) is 0 Å². The Morgan fingerprint density at radius 3 is 2.37 bits per heavy atom. The molecule has 1 unspecified atom stereocenters. The number of benzene rings is 1. The van der Waals surface area contributed by atoms with Gasteiger partial charge in [-0.05, 0) is 0 Å². The summed E-state index contributed by atoms with van der Waals surface area (Å²) in [6.07, 6.45) is 7.52. The van der Waals surface area contributed by atoms with Gasteiger partial charge in [-0.1, -0.05) is 0 Å². The van der Waals surface area contributed by atoms with E-state index in [1.807, 2.05) is 6.08 Å². The Kier molecular flexibility index (Phi) is 9.36. The first-order chi connectivity index (χ1) is 13.0. The Labute approximate surface area is 207 Å². The van der Waals surface area contributed by atoms with Crippen molar-refractivity contribution in [1.29, 1.82) is 0 Å². The number of nitrogens with one attached hydrogen (secondary N) is 1. The molecule has 0 bridgehead atoms. The van der Waals surface area contributed by atoms with Gasteiger partial charge in [0.2, 0.25) is 0 Å². The van der Waals surface area contributed by atoms with E-state index in [4.69, 9.17) is 0 Å². The topological polar surface area (TPSA) is 29.1 Å². The molecule has 0 fully saturated rings. The molecular formula is C24H30Cl2NOSiTi. The molecule has 2 aliphatic rings. The Bertz CT molecular complexity index is 980. The molecule has 1 amide bonds. The summed E-state index contributed by atoms with van der Waals surface area (Å²) >= 11 is 1.73. The molecule has 3 rings (SSSR count). The van der Waals surface area contributed by atoms with Crippen molar-refractivity contribution in [3.8, 4) is 0 Å². The van der Waals surface area contributed by atoms with Crippen molar-refractivity contribution in [2.75, 3.05) is 0 Å². The molecule has 2 aliphatic carbocycles. The third-order valence-electron chi connectivity index (χ3n) is 5.72. The predicted molar refractivity (Wildman–Crippen MR) is 118 cm³/mol. The molecule has 0 saturated heterocycles. The first kappa shape index (κ1) is 27.3. The quantitative estimate of drug-likeness (QED) is 0.525. The second-order valence-electron chi connectivity index (χ2n) is 9.31. The number of halogens is 2. The molecule has 6 heteroatoms. The smallest absolute Gasteiger partial charge is 1.00 e. The van der Waals surface area contributed by atoms with E-state index in [9.17, 15) is 4.79 Å². The minimum Gasteiger partial charge on any atom is -1.00 e. The summed E-state index contributed by atoms with van der Waals surface area (Å²) in [6.45, 7) is 15.9. The SMILES string of the molecule is CC1=Cc2cc(C(C)(C)C)cc(C3=C(C(=O)[NH][Ti+2])C=CC(C)C3=[Si](C)C)c2C1.[Cl-].[Cl-]. The molecule has 0 saturated carbocycles. The summed E-state index contributed by atoms with van der Waals surface area (Å²) in [5.41, 5.74) is 8.77. The molecule has 2 nitrogen and oxygen atoms in total. The number of hydrogen-bond donors (Lipinski definition) is 1. The van der Waals surface area contributed by atoms with E-state index in [-0.39, 0.29) is 36.1 Å². The molecule has 0 heterocycles. The van der Waals surface area contributed by atoms with E-state index < -0.39 is 8.41 Å². The van der Waals surface area contributed by atoms with E-state index >= 15 is 0 Å². The fourth-order valence-corrected chi connectivity index (χ4v) is 6.30. The normalized spacial score (nSPS) is 17.7. The van der Waals surface area contributed by atoms with Crippen LogP contribution in [-0.2, 0) is 37.3 Å². The van der Waals surface area contributed by atoms with E-state index in [0.717, 1.165) is 12.0 Å². The molecule has 0 aliphatic heterocycles. The van der Waals surface area contributed by atoms with Crippen LogP contribution in [0.1, 0.15) is 56.9 Å². The van der Waals surface area contributed by atoms with Gasteiger partial charge in [0.1, 0.15) is 0 Å². The van der Waals surface area contributed by atoms with Crippen molar-refractivity contribution in [2.24, 2.45) is 5.92 Å². The van der Waals surface area contributed by atoms with Crippen LogP contribution in [0.15, 0.2) is 35.4 Å². The standard InChI is InChI=1S/C24H31NOSi.2ClH.Ti/c1-14-10-16-12-17(24(3,4)5)13-20(19(16)11-14)21-18(23(25)26)9-8-15(2)22(21)27(6)7;;;/h8-10,12-13,15H,11H2,1-7H3,(H2,25,26);2*1H;/q;;;+3/p-3. The van der Waals surface area contributed by atoms with E-state index in [0.29, 0.717) is 5.92 Å². The molecule has 159 valence electrons. The van der Waals surface area contributed by atoms with E-state index in [1.54, 1.807) is 20.7 Å². The zero-order valence-corrected chi connectivity index (χ0v) is 22.9. The average molecular weight is 495 g/mol. The molecule has 1 atom stereocenters. The number of hydrogen-bond acceptors (Lipinski definition) is 1. The Hall–Kier alpha value is -0.709. The number of carbonyl (C=O) groups excluding carboxylic acids is 1. The maximum Gasteiger partial charge on any atom is -1.00 e. The maximum atomic E-state index is 12.8. The maximum absolute atomic E-state index is 12.8. The summed E-state index contributed by atoms with van der Waals surface area (Å²) < 4.78 is 2.87. The second kappa shape index (κ2) is 10.3. The van der Waals surface area contributed by atoms with Crippen LogP contribution in [0.3, 0.4) is 0 Å². The van der Waals surface area contributed by atoms with Gasteiger partial charge >= 0.3 is 184 Å². The fourth-order valence-electron chi connectivity index (χ4n) is 4.32. The van der Waals surface area contributed by atoms with Gasteiger partial charge in [0, 0.05) is 0 Å². The second-order valence-corrected chi connectivity index (χ2v) is 12.2. The van der Waals surface area contributed by atoms with Crippen LogP contribution in [0.2, 0.25) is 13.1 Å². The molecule has 30 heavy (non-hydrogen) atoms. The van der Waals surface area contributed by atoms with Crippen LogP contribution >= 0.6 is 0 Å². The Balaban J connectivity index is 0.00000225. The van der Waals surface area contributed by atoms with Crippen LogP contribution in [0.4, 0.5) is 0 Å². The van der Waals surface area contributed by atoms with Gasteiger partial charge in [-0.15, -0.1) is 0 Å². The number of allylic oxidation sites excluding steroid dienone is 3. The van der Waals surface area contributed by atoms with Crippen molar-refractivity contribution < 1.29 is 50.3 Å². The van der Waals surface area contributed by atoms with Crippen LogP contribution in [0, 0.1) is 5.92 Å². The molecular weight excluding hydrogens is 465 g/mol. The Morgan fingerprint density at radius 1 is 1.20 bits per heavy atom. The van der Waals surface area contributed by atoms with Crippen LogP contribution in [0.5, 0.6) is 0 Å². The van der Waals surface area contributed by atoms with Gasteiger partial charge in [-0.25, -0.2) is 0 Å². The summed E-state index contributed by atoms with van der Waals surface area (Å²) in [5.74, 6) is 0.383. The number of fused-ring (bicyclic) bond motifs is 1. The molecule has 0 radical (unpaired) electrons. The number of carbonyl (C=O) groups is 1. The van der Waals surface area contributed by atoms with Gasteiger partial charge in [0.05, 0.1) is 0 Å². The van der Waals surface area contributed by atoms with E-state index in [1.165, 1.54) is 38.6 Å². The van der Waals surface area contributed by atoms with Crippen LogP contribution < -0.4 is 28.6 Å². The molecule has 1 aromatic carbocycles. The van der Waals surface area contributed by atoms with Gasteiger partial charge in [-0.2, -0.15) is 0 Å². The molecule has 1 aromatic rings. The largest absolute Gasteiger partial charge is 1.00 e. The van der Waals surface area contributed by atoms with Crippen molar-refractivity contribution in [1.82, 2.24) is 3.80 Å². The zero-order chi connectivity index (χ0) is 20.8. The van der Waals surface area contributed by atoms with Crippen molar-refractivity contribution in [3.05, 3.63) is 57.7 Å². The third-order valence-corrected chi connectivity index (χ3v) is 7.86. The average Bonchev–Trinajstić information content (AvgIpc) is 2.98. The first-order valence-corrected chi connectivity index (χ1v) is 13.2. The van der Waals surface area contributed by atoms with Crippen molar-refractivity contribution in [3.63, 3.8) is 0 Å². The van der Waals surface area contributed by atoms with Gasteiger partial charge in [-0.3, -0.25) is 0 Å². The molecule has 0 aromatic heterocycles. The summed E-state index contributed by atoms with van der Waals surface area (Å²) in [6, 6.07) is 4.71. The van der Waals surface area contributed by atoms with Crippen LogP contribution in [-0.4, -0.2) is 19.5 Å². The predicted octanol–water partition coefficient (Wildman–Crippen LogP) is -1.00. The minimum absolute atomic E-state index is 0. The fraction of sp³-hybridized carbons (Fsp3) is 0.417. The summed E-state index contributed by atoms with van der Waals surface area (Å²) in [5, 5.41) is 1.46. The zero-order valence-electron chi connectivity index (χ0n) is 18.8. The van der Waals surface area contributed by atoms with Crippen LogP contribution in [0.25, 0.3) is 11.6 Å². The van der Waals surface area contributed by atoms with Gasteiger partial charge in [0.25, 0.3) is 0 Å². The van der Waals surface area contributed by atoms with Crippen molar-refractivity contribution in [2.45, 2.75) is 59.5 Å². The van der Waals surface area contributed by atoms with E-state index in [2.05, 4.69) is 75.8 Å². The molecule has 1 N–H and O–H groups in total. The minimum atomic E-state index is -0.720. The third kappa shape index (κ3) is 5.19. The number of amides is 1. The summed E-state index contributed by atoms with van der Waals surface area (Å²) in [4.78, 5) is 12.8. The Morgan fingerprint density at radius 2 is 1.83 bits per heavy atom. The first-order valence-electron chi connectivity index (χ1n) is 9.96.